The highest BCUT2D eigenvalue weighted by molar-refractivity contribution is 6.57. The highest BCUT2D eigenvalue weighted by Gasteiger charge is 2.43. The minimum absolute atomic E-state index is 0.0970. The molecule has 5 atom stereocenters. The van der Waals surface area contributed by atoms with Gasteiger partial charge >= 0.3 is 5.97 Å². The van der Waals surface area contributed by atoms with Crippen LogP contribution in [-0.2, 0) is 25.5 Å². The zero-order valence-corrected chi connectivity index (χ0v) is 28.0. The van der Waals surface area contributed by atoms with Crippen molar-refractivity contribution in [3.05, 3.63) is 59.7 Å². The maximum Gasteiger partial charge on any atom is 0.342 e. The van der Waals surface area contributed by atoms with Crippen LogP contribution in [0.15, 0.2) is 42.8 Å². The molecule has 0 saturated carbocycles. The van der Waals surface area contributed by atoms with Crippen LogP contribution in [0.2, 0.25) is 0 Å². The summed E-state index contributed by atoms with van der Waals surface area (Å²) in [6.07, 6.45) is 7.95. The van der Waals surface area contributed by atoms with E-state index in [-0.39, 0.29) is 55.3 Å². The minimum atomic E-state index is -0.929. The molecule has 3 heterocycles. The van der Waals surface area contributed by atoms with Crippen LogP contribution in [0.25, 0.3) is 6.08 Å². The molecule has 2 aliphatic heterocycles. The molecule has 252 valence electrons. The Bertz CT molecular complexity index is 1490. The molecular formula is C32H43B2N3O10. The number of fused-ring (bicyclic) bond motifs is 2. The molecule has 2 aromatic rings. The van der Waals surface area contributed by atoms with E-state index in [1.807, 2.05) is 13.0 Å². The second kappa shape index (κ2) is 15.8. The first-order valence-electron chi connectivity index (χ1n) is 15.6. The number of carbonyl (C=O) groups is 3. The lowest BCUT2D eigenvalue weighted by atomic mass is 9.99. The Morgan fingerprint density at radius 3 is 2.64 bits per heavy atom. The van der Waals surface area contributed by atoms with Crippen LogP contribution in [0.1, 0.15) is 55.9 Å². The van der Waals surface area contributed by atoms with Gasteiger partial charge in [-0.2, -0.15) is 0 Å². The van der Waals surface area contributed by atoms with E-state index >= 15 is 0 Å². The van der Waals surface area contributed by atoms with E-state index in [2.05, 4.69) is 4.98 Å². The van der Waals surface area contributed by atoms with Gasteiger partial charge in [-0.3, -0.25) is 14.2 Å². The molecule has 0 bridgehead atoms. The molecule has 0 radical (unpaired) electrons. The van der Waals surface area contributed by atoms with Gasteiger partial charge in [-0.05, 0) is 38.8 Å². The fourth-order valence-electron chi connectivity index (χ4n) is 5.36. The number of rotatable bonds is 9. The first-order chi connectivity index (χ1) is 22.3. The summed E-state index contributed by atoms with van der Waals surface area (Å²) in [4.78, 5) is 43.7. The van der Waals surface area contributed by atoms with Crippen molar-refractivity contribution in [3.63, 3.8) is 0 Å². The summed E-state index contributed by atoms with van der Waals surface area (Å²) >= 11 is 0. The number of methoxy groups -OCH3 is 1. The number of ether oxygens (including phenoxy) is 6. The molecule has 1 saturated heterocycles. The molecule has 0 aliphatic carbocycles. The number of esters is 1. The molecule has 15 heteroatoms. The number of benzene rings is 1. The number of hydrogen-bond donors (Lipinski definition) is 1. The van der Waals surface area contributed by atoms with Crippen molar-refractivity contribution in [2.24, 2.45) is 5.92 Å². The van der Waals surface area contributed by atoms with Crippen molar-refractivity contribution in [1.82, 2.24) is 14.5 Å². The predicted molar refractivity (Wildman–Crippen MR) is 177 cm³/mol. The van der Waals surface area contributed by atoms with Gasteiger partial charge in [0, 0.05) is 31.5 Å². The van der Waals surface area contributed by atoms with Crippen molar-refractivity contribution in [3.8, 4) is 11.5 Å². The lowest BCUT2D eigenvalue weighted by Crippen LogP contribution is -2.34. The fourth-order valence-corrected chi connectivity index (χ4v) is 5.36. The third kappa shape index (κ3) is 9.34. The minimum Gasteiger partial charge on any atom is -0.492 e. The van der Waals surface area contributed by atoms with Crippen LogP contribution in [0.5, 0.6) is 11.5 Å². The number of aromatic nitrogens is 2. The SMILES string of the molecule is BC(=O)N(CCOc1cc2c(c(OCOC)c1)C(=O)O[C@@H](C)[C@H](C)/C=C\C(O)C1OC(C)(C)O[C@H]1C/C=C/2)Cc1nccn1C(B)=O. The van der Waals surface area contributed by atoms with Gasteiger partial charge in [0.1, 0.15) is 47.8 Å². The third-order valence-corrected chi connectivity index (χ3v) is 7.98. The van der Waals surface area contributed by atoms with E-state index < -0.39 is 36.2 Å². The molecule has 4 rings (SSSR count). The van der Waals surface area contributed by atoms with Gasteiger partial charge < -0.3 is 38.4 Å². The van der Waals surface area contributed by atoms with Gasteiger partial charge in [0.15, 0.2) is 24.2 Å². The Labute approximate surface area is 276 Å². The lowest BCUT2D eigenvalue weighted by molar-refractivity contribution is -0.152. The third-order valence-electron chi connectivity index (χ3n) is 7.98. The average molecular weight is 651 g/mol. The summed E-state index contributed by atoms with van der Waals surface area (Å²) in [5.41, 5.74) is 0.654. The van der Waals surface area contributed by atoms with Crippen molar-refractivity contribution in [2.75, 3.05) is 27.1 Å². The first kappa shape index (κ1) is 35.9. The highest BCUT2D eigenvalue weighted by Crippen LogP contribution is 2.35. The van der Waals surface area contributed by atoms with Crippen LogP contribution < -0.4 is 9.47 Å². The maximum atomic E-state index is 13.7. The second-order valence-corrected chi connectivity index (χ2v) is 12.1. The van der Waals surface area contributed by atoms with Gasteiger partial charge in [-0.25, -0.2) is 9.78 Å². The van der Waals surface area contributed by atoms with Gasteiger partial charge in [-0.15, -0.1) is 0 Å². The van der Waals surface area contributed by atoms with E-state index in [0.29, 0.717) is 23.6 Å². The molecule has 1 fully saturated rings. The van der Waals surface area contributed by atoms with Gasteiger partial charge in [-0.1, -0.05) is 31.2 Å². The maximum absolute atomic E-state index is 13.7. The van der Waals surface area contributed by atoms with E-state index in [1.54, 1.807) is 57.3 Å². The molecule has 47 heavy (non-hydrogen) atoms. The van der Waals surface area contributed by atoms with E-state index in [4.69, 9.17) is 28.4 Å². The molecule has 1 aromatic heterocycles. The zero-order chi connectivity index (χ0) is 34.3. The Hall–Kier alpha value is -3.91. The van der Waals surface area contributed by atoms with Crippen LogP contribution in [0.4, 0.5) is 9.59 Å². The number of aliphatic hydroxyl groups excluding tert-OH is 1. The molecule has 2 aliphatic rings. The topological polar surface area (TPSA) is 148 Å². The smallest absolute Gasteiger partial charge is 0.342 e. The number of hydrogen-bond acceptors (Lipinski definition) is 11. The second-order valence-electron chi connectivity index (χ2n) is 12.1. The van der Waals surface area contributed by atoms with Crippen LogP contribution in [0, 0.1) is 5.92 Å². The van der Waals surface area contributed by atoms with Crippen molar-refractivity contribution < 1.29 is 47.9 Å². The normalized spacial score (nSPS) is 25.4. The van der Waals surface area contributed by atoms with E-state index in [1.165, 1.54) is 38.5 Å². The number of carbonyl (C=O) groups excluding carboxylic acids is 3. The zero-order valence-electron chi connectivity index (χ0n) is 28.0. The highest BCUT2D eigenvalue weighted by atomic mass is 16.8. The van der Waals surface area contributed by atoms with Crippen LogP contribution in [0.3, 0.4) is 0 Å². The molecule has 2 unspecified atom stereocenters. The molecule has 1 N–H and O–H groups in total. The summed E-state index contributed by atoms with van der Waals surface area (Å²) in [5.74, 6) is -1.13. The summed E-state index contributed by atoms with van der Waals surface area (Å²) in [5, 5.41) is 10.9. The number of cyclic esters (lactones) is 1. The molecular weight excluding hydrogens is 608 g/mol. The van der Waals surface area contributed by atoms with E-state index in [0.717, 1.165) is 0 Å². The van der Waals surface area contributed by atoms with Crippen LogP contribution >= 0.6 is 0 Å². The van der Waals surface area contributed by atoms with Crippen LogP contribution in [-0.4, -0.2) is 110 Å². The molecule has 13 nitrogen and oxygen atoms in total. The average Bonchev–Trinajstić information content (AvgIpc) is 3.60. The Morgan fingerprint density at radius 2 is 1.94 bits per heavy atom. The fraction of sp³-hybridized carbons (Fsp3) is 0.500. The summed E-state index contributed by atoms with van der Waals surface area (Å²) in [6.45, 7) is 7.55. The van der Waals surface area contributed by atoms with Crippen molar-refractivity contribution in [1.29, 1.82) is 0 Å². The molecule has 0 spiro atoms. The summed E-state index contributed by atoms with van der Waals surface area (Å²) in [6, 6.07) is 3.27. The lowest BCUT2D eigenvalue weighted by Gasteiger charge is -2.23. The quantitative estimate of drug-likeness (QED) is 0.184. The van der Waals surface area contributed by atoms with Gasteiger partial charge in [0.25, 0.3) is 0 Å². The predicted octanol–water partition coefficient (Wildman–Crippen LogP) is 2.14. The van der Waals surface area contributed by atoms with Crippen molar-refractivity contribution in [2.45, 2.75) is 70.9 Å². The first-order valence-corrected chi connectivity index (χ1v) is 15.6. The van der Waals surface area contributed by atoms with Crippen molar-refractivity contribution >= 4 is 39.4 Å². The Kier molecular flexibility index (Phi) is 12.1. The number of nitrogens with zero attached hydrogens (tertiary/aromatic N) is 3. The standard InChI is InChI=1S/C32H43B2N3O10/c1-19-9-10-23(38)28-24(46-32(3,4)47-28)8-6-7-21-15-22(16-25(44-18-42-5)27(21)29(39)45-20(19)2)43-14-13-36(30(33)40)17-26-35-11-12-37(26)31(34)41/h6-7,9-12,15-16,19-20,23-24,28,38H,8,13-14,17-18,33-34H2,1-5H3/b7-6+,10-9-/t19-,20+,23?,24+,28?/m1/s1. The van der Waals surface area contributed by atoms with E-state index in [9.17, 15) is 19.5 Å². The largest absolute Gasteiger partial charge is 0.492 e. The summed E-state index contributed by atoms with van der Waals surface area (Å²) in [7, 11) is 4.32. The Morgan fingerprint density at radius 1 is 1.17 bits per heavy atom. The number of amides is 1. The van der Waals surface area contributed by atoms with Gasteiger partial charge in [0.2, 0.25) is 15.7 Å². The molecule has 1 aromatic carbocycles. The monoisotopic (exact) mass is 651 g/mol. The number of imidazole rings is 1. The number of aliphatic hydroxyl groups is 1. The summed E-state index contributed by atoms with van der Waals surface area (Å²) < 4.78 is 36.5. The van der Waals surface area contributed by atoms with Gasteiger partial charge in [0.05, 0.1) is 19.2 Å². The molecule has 1 amide bonds. The Balaban J connectivity index is 1.64.